The van der Waals surface area contributed by atoms with Crippen molar-refractivity contribution in [3.63, 3.8) is 0 Å². The lowest BCUT2D eigenvalue weighted by Crippen LogP contribution is -2.22. The zero-order valence-corrected chi connectivity index (χ0v) is 11.8. The van der Waals surface area contributed by atoms with Crippen LogP contribution in [0.5, 0.6) is 0 Å². The average molecular weight is 305 g/mol. The Morgan fingerprint density at radius 2 is 1.81 bits per heavy atom. The van der Waals surface area contributed by atoms with Crippen LogP contribution in [-0.4, -0.2) is 10.8 Å². The van der Waals surface area contributed by atoms with Crippen LogP contribution in [-0.2, 0) is 12.4 Å². The van der Waals surface area contributed by atoms with E-state index < -0.39 is 4.92 Å². The molecule has 0 fully saturated rings. The first-order valence-electron chi connectivity index (χ1n) is 6.26. The van der Waals surface area contributed by atoms with Gasteiger partial charge >= 0.3 is 0 Å². The van der Waals surface area contributed by atoms with E-state index in [0.29, 0.717) is 12.4 Å². The maximum atomic E-state index is 12.0. The first-order valence-corrected chi connectivity index (χ1v) is 6.80. The number of carbonyl (C=O) groups excluding carboxylic acids is 1. The molecule has 21 heavy (non-hydrogen) atoms. The van der Waals surface area contributed by atoms with Crippen LogP contribution in [0.3, 0.4) is 0 Å². The Morgan fingerprint density at radius 1 is 1.14 bits per heavy atom. The Kier molecular flexibility index (Phi) is 4.90. The molecule has 0 radical (unpaired) electrons. The summed E-state index contributed by atoms with van der Waals surface area (Å²) in [5, 5.41) is 13.4. The van der Waals surface area contributed by atoms with Gasteiger partial charge in [0.1, 0.15) is 0 Å². The minimum Gasteiger partial charge on any atom is -0.348 e. The molecule has 0 aliphatic heterocycles. The lowest BCUT2D eigenvalue weighted by Gasteiger charge is -2.06. The lowest BCUT2D eigenvalue weighted by atomic mass is 10.1. The molecule has 0 heterocycles. The molecule has 0 spiro atoms. The Hall–Kier alpha value is -2.40. The summed E-state index contributed by atoms with van der Waals surface area (Å²) in [6.45, 7) is 0.351. The third-order valence-corrected chi connectivity index (χ3v) is 3.26. The Bertz CT molecular complexity index is 656. The van der Waals surface area contributed by atoms with Crippen molar-refractivity contribution in [3.05, 3.63) is 75.3 Å². The standard InChI is InChI=1S/C15H13ClN2O3/c16-9-11-4-6-12(7-5-11)10-17-15(19)13-2-1-3-14(8-13)18(20)21/h1-8H,9-10H2,(H,17,19). The molecule has 6 heteroatoms. The molecule has 0 aliphatic carbocycles. The normalized spacial score (nSPS) is 10.1. The van der Waals surface area contributed by atoms with Gasteiger partial charge in [-0.05, 0) is 17.2 Å². The summed E-state index contributed by atoms with van der Waals surface area (Å²) in [7, 11) is 0. The van der Waals surface area contributed by atoms with Gasteiger partial charge in [-0.2, -0.15) is 0 Å². The van der Waals surface area contributed by atoms with Crippen LogP contribution in [0.4, 0.5) is 5.69 Å². The van der Waals surface area contributed by atoms with Gasteiger partial charge in [0, 0.05) is 30.1 Å². The van der Waals surface area contributed by atoms with Crippen molar-refractivity contribution >= 4 is 23.2 Å². The number of nitro benzene ring substituents is 1. The van der Waals surface area contributed by atoms with E-state index in [2.05, 4.69) is 5.32 Å². The molecule has 0 atom stereocenters. The number of hydrogen-bond acceptors (Lipinski definition) is 3. The van der Waals surface area contributed by atoms with Crippen LogP contribution in [0.1, 0.15) is 21.5 Å². The van der Waals surface area contributed by atoms with Crippen molar-refractivity contribution in [1.82, 2.24) is 5.32 Å². The Labute approximate surface area is 126 Å². The maximum Gasteiger partial charge on any atom is 0.270 e. The van der Waals surface area contributed by atoms with E-state index in [1.165, 1.54) is 18.2 Å². The number of hydrogen-bond donors (Lipinski definition) is 1. The van der Waals surface area contributed by atoms with E-state index in [9.17, 15) is 14.9 Å². The molecular formula is C15H13ClN2O3. The molecule has 0 aliphatic rings. The number of nitrogens with one attached hydrogen (secondary N) is 1. The molecule has 0 aromatic heterocycles. The van der Waals surface area contributed by atoms with Gasteiger partial charge in [0.2, 0.25) is 0 Å². The van der Waals surface area contributed by atoms with Gasteiger partial charge in [0.05, 0.1) is 4.92 Å². The van der Waals surface area contributed by atoms with Crippen molar-refractivity contribution in [3.8, 4) is 0 Å². The molecule has 0 unspecified atom stereocenters. The number of alkyl halides is 1. The highest BCUT2D eigenvalue weighted by molar-refractivity contribution is 6.17. The van der Waals surface area contributed by atoms with E-state index >= 15 is 0 Å². The monoisotopic (exact) mass is 304 g/mol. The quantitative estimate of drug-likeness (QED) is 0.523. The lowest BCUT2D eigenvalue weighted by molar-refractivity contribution is -0.384. The second kappa shape index (κ2) is 6.85. The zero-order chi connectivity index (χ0) is 15.2. The first kappa shape index (κ1) is 15.0. The van der Waals surface area contributed by atoms with Crippen LogP contribution in [0, 0.1) is 10.1 Å². The van der Waals surface area contributed by atoms with Crippen molar-refractivity contribution in [2.75, 3.05) is 0 Å². The topological polar surface area (TPSA) is 72.2 Å². The fourth-order valence-electron chi connectivity index (χ4n) is 1.79. The van der Waals surface area contributed by atoms with Gasteiger partial charge < -0.3 is 5.32 Å². The van der Waals surface area contributed by atoms with Crippen LogP contribution in [0.25, 0.3) is 0 Å². The van der Waals surface area contributed by atoms with Crippen LogP contribution < -0.4 is 5.32 Å². The van der Waals surface area contributed by atoms with Gasteiger partial charge in [0.15, 0.2) is 0 Å². The van der Waals surface area contributed by atoms with Crippen molar-refractivity contribution < 1.29 is 9.72 Å². The van der Waals surface area contributed by atoms with Crippen molar-refractivity contribution in [1.29, 1.82) is 0 Å². The minimum absolute atomic E-state index is 0.103. The van der Waals surface area contributed by atoms with Gasteiger partial charge in [-0.15, -0.1) is 11.6 Å². The fourth-order valence-corrected chi connectivity index (χ4v) is 1.97. The number of nitro groups is 1. The fraction of sp³-hybridized carbons (Fsp3) is 0.133. The summed E-state index contributed by atoms with van der Waals surface area (Å²) in [5.74, 6) is 0.0977. The van der Waals surface area contributed by atoms with Crippen LogP contribution in [0.15, 0.2) is 48.5 Å². The predicted molar refractivity (Wildman–Crippen MR) is 80.3 cm³/mol. The summed E-state index contributed by atoms with van der Waals surface area (Å²) in [5.41, 5.74) is 2.10. The Morgan fingerprint density at radius 3 is 2.43 bits per heavy atom. The number of non-ortho nitro benzene ring substituents is 1. The van der Waals surface area contributed by atoms with Crippen LogP contribution in [0.2, 0.25) is 0 Å². The van der Waals surface area contributed by atoms with Gasteiger partial charge in [0.25, 0.3) is 11.6 Å². The summed E-state index contributed by atoms with van der Waals surface area (Å²) >= 11 is 5.70. The van der Waals surface area contributed by atoms with Crippen LogP contribution >= 0.6 is 11.6 Å². The van der Waals surface area contributed by atoms with Crippen molar-refractivity contribution in [2.45, 2.75) is 12.4 Å². The zero-order valence-electron chi connectivity index (χ0n) is 11.1. The highest BCUT2D eigenvalue weighted by atomic mass is 35.5. The van der Waals surface area contributed by atoms with E-state index in [1.807, 2.05) is 24.3 Å². The molecule has 1 amide bonds. The van der Waals surface area contributed by atoms with E-state index in [0.717, 1.165) is 11.1 Å². The molecule has 108 valence electrons. The molecule has 0 bridgehead atoms. The summed E-state index contributed by atoms with van der Waals surface area (Å²) < 4.78 is 0. The molecule has 0 saturated carbocycles. The highest BCUT2D eigenvalue weighted by Gasteiger charge is 2.11. The van der Waals surface area contributed by atoms with Gasteiger partial charge in [-0.1, -0.05) is 30.3 Å². The number of carbonyl (C=O) groups is 1. The molecule has 2 aromatic rings. The summed E-state index contributed by atoms with van der Waals surface area (Å²) in [6.07, 6.45) is 0. The SMILES string of the molecule is O=C(NCc1ccc(CCl)cc1)c1cccc([N+](=O)[O-])c1. The second-order valence-electron chi connectivity index (χ2n) is 4.44. The maximum absolute atomic E-state index is 12.0. The molecular weight excluding hydrogens is 292 g/mol. The highest BCUT2D eigenvalue weighted by Crippen LogP contribution is 2.13. The molecule has 5 nitrogen and oxygen atoms in total. The third-order valence-electron chi connectivity index (χ3n) is 2.95. The number of nitrogens with zero attached hydrogens (tertiary/aromatic N) is 1. The Balaban J connectivity index is 2.00. The summed E-state index contributed by atoms with van der Waals surface area (Å²) in [4.78, 5) is 22.1. The predicted octanol–water partition coefficient (Wildman–Crippen LogP) is 3.26. The van der Waals surface area contributed by atoms with E-state index in [1.54, 1.807) is 6.07 Å². The molecule has 0 saturated heterocycles. The van der Waals surface area contributed by atoms with Gasteiger partial charge in [-0.3, -0.25) is 14.9 Å². The summed E-state index contributed by atoms with van der Waals surface area (Å²) in [6, 6.07) is 13.2. The van der Waals surface area contributed by atoms with E-state index in [-0.39, 0.29) is 17.2 Å². The first-order chi connectivity index (χ1) is 10.1. The molecule has 2 aromatic carbocycles. The second-order valence-corrected chi connectivity index (χ2v) is 4.71. The smallest absolute Gasteiger partial charge is 0.270 e. The van der Waals surface area contributed by atoms with Gasteiger partial charge in [-0.25, -0.2) is 0 Å². The average Bonchev–Trinajstić information content (AvgIpc) is 2.53. The van der Waals surface area contributed by atoms with E-state index in [4.69, 9.17) is 11.6 Å². The number of amides is 1. The minimum atomic E-state index is -0.526. The molecule has 1 N–H and O–H groups in total. The number of halogens is 1. The largest absolute Gasteiger partial charge is 0.348 e. The number of benzene rings is 2. The number of rotatable bonds is 5. The molecule has 2 rings (SSSR count). The van der Waals surface area contributed by atoms with Crippen molar-refractivity contribution in [2.24, 2.45) is 0 Å². The third kappa shape index (κ3) is 4.03.